The molecule has 1 rings (SSSR count). The molecule has 1 aromatic rings. The number of ketones is 2. The Hall–Kier alpha value is -1.90. The number of hydrogen-bond acceptors (Lipinski definition) is 3. The number of Topliss-reactive ketones (excluding diaryl/α,β-unsaturated/α-hetero) is 2. The molecule has 0 saturated heterocycles. The van der Waals surface area contributed by atoms with Crippen LogP contribution in [0.5, 0.6) is 0 Å². The lowest BCUT2D eigenvalue weighted by atomic mass is 10.0. The van der Waals surface area contributed by atoms with Crippen LogP contribution in [-0.2, 0) is 4.79 Å². The summed E-state index contributed by atoms with van der Waals surface area (Å²) < 4.78 is 0. The van der Waals surface area contributed by atoms with Crippen LogP contribution in [0.1, 0.15) is 17.3 Å². The lowest BCUT2D eigenvalue weighted by Crippen LogP contribution is -2.15. The molecule has 0 bridgehead atoms. The highest BCUT2D eigenvalue weighted by molar-refractivity contribution is 6.25. The Balaban J connectivity index is 3.07. The Morgan fingerprint density at radius 3 is 2.12 bits per heavy atom. The van der Waals surface area contributed by atoms with Crippen molar-refractivity contribution in [3.8, 4) is 0 Å². The number of carbonyl (C=O) groups is 2. The van der Waals surface area contributed by atoms with Crippen LogP contribution in [0.25, 0.3) is 0 Å². The molecule has 0 radical (unpaired) electrons. The van der Waals surface area contributed by atoms with Gasteiger partial charge >= 0.3 is 0 Å². The van der Waals surface area contributed by atoms with Gasteiger partial charge in [0, 0.05) is 25.9 Å². The van der Waals surface area contributed by atoms with Gasteiger partial charge in [0.2, 0.25) is 0 Å². The maximum Gasteiger partial charge on any atom is 0.198 e. The van der Waals surface area contributed by atoms with Crippen molar-refractivity contribution >= 4 is 11.6 Å². The van der Waals surface area contributed by atoms with Crippen LogP contribution < -0.4 is 0 Å². The van der Waals surface area contributed by atoms with Crippen LogP contribution in [0, 0.1) is 0 Å². The second-order valence-corrected chi connectivity index (χ2v) is 3.76. The molecular formula is C13H15NO2. The summed E-state index contributed by atoms with van der Waals surface area (Å²) in [6, 6.07) is 8.80. The van der Waals surface area contributed by atoms with Crippen molar-refractivity contribution in [1.82, 2.24) is 4.90 Å². The Kier molecular flexibility index (Phi) is 4.00. The van der Waals surface area contributed by atoms with Crippen molar-refractivity contribution in [3.63, 3.8) is 0 Å². The zero-order valence-corrected chi connectivity index (χ0v) is 9.73. The topological polar surface area (TPSA) is 37.4 Å². The first kappa shape index (κ1) is 12.2. The third-order valence-corrected chi connectivity index (χ3v) is 2.05. The minimum Gasteiger partial charge on any atom is -0.383 e. The molecule has 0 aliphatic rings. The van der Waals surface area contributed by atoms with Crippen LogP contribution in [0.3, 0.4) is 0 Å². The van der Waals surface area contributed by atoms with Gasteiger partial charge in [-0.25, -0.2) is 0 Å². The van der Waals surface area contributed by atoms with E-state index in [1.54, 1.807) is 49.5 Å². The fourth-order valence-corrected chi connectivity index (χ4v) is 1.31. The predicted molar refractivity (Wildman–Crippen MR) is 63.2 cm³/mol. The summed E-state index contributed by atoms with van der Waals surface area (Å²) in [5.74, 6) is -0.454. The van der Waals surface area contributed by atoms with Crippen molar-refractivity contribution in [2.24, 2.45) is 0 Å². The van der Waals surface area contributed by atoms with Gasteiger partial charge in [0.25, 0.3) is 0 Å². The fraction of sp³-hybridized carbons (Fsp3) is 0.231. The van der Waals surface area contributed by atoms with Gasteiger partial charge < -0.3 is 4.90 Å². The molecule has 0 aliphatic heterocycles. The van der Waals surface area contributed by atoms with E-state index in [0.29, 0.717) is 5.56 Å². The zero-order valence-electron chi connectivity index (χ0n) is 9.73. The molecule has 0 aliphatic carbocycles. The summed E-state index contributed by atoms with van der Waals surface area (Å²) in [7, 11) is 3.56. The minimum absolute atomic E-state index is 0.205. The molecule has 16 heavy (non-hydrogen) atoms. The van der Waals surface area contributed by atoms with Gasteiger partial charge in [0.15, 0.2) is 11.6 Å². The van der Waals surface area contributed by atoms with Gasteiger partial charge in [-0.15, -0.1) is 0 Å². The lowest BCUT2D eigenvalue weighted by Gasteiger charge is -2.08. The highest BCUT2D eigenvalue weighted by Gasteiger charge is 2.16. The molecule has 0 heterocycles. The maximum absolute atomic E-state index is 12.0. The van der Waals surface area contributed by atoms with E-state index < -0.39 is 0 Å². The van der Waals surface area contributed by atoms with Crippen LogP contribution in [0.2, 0.25) is 0 Å². The van der Waals surface area contributed by atoms with E-state index in [9.17, 15) is 9.59 Å². The normalized spacial score (nSPS) is 11.1. The van der Waals surface area contributed by atoms with E-state index in [-0.39, 0.29) is 17.1 Å². The van der Waals surface area contributed by atoms with E-state index in [2.05, 4.69) is 0 Å². The predicted octanol–water partition coefficient (Wildman–Crippen LogP) is 1.90. The van der Waals surface area contributed by atoms with Crippen LogP contribution >= 0.6 is 0 Å². The molecule has 84 valence electrons. The van der Waals surface area contributed by atoms with Crippen LogP contribution in [0.4, 0.5) is 0 Å². The van der Waals surface area contributed by atoms with Crippen molar-refractivity contribution < 1.29 is 9.59 Å². The van der Waals surface area contributed by atoms with Crippen molar-refractivity contribution in [2.75, 3.05) is 14.1 Å². The average molecular weight is 217 g/mol. The van der Waals surface area contributed by atoms with E-state index in [1.807, 2.05) is 6.07 Å². The van der Waals surface area contributed by atoms with E-state index in [1.165, 1.54) is 6.92 Å². The fourth-order valence-electron chi connectivity index (χ4n) is 1.31. The van der Waals surface area contributed by atoms with E-state index in [4.69, 9.17) is 0 Å². The highest BCUT2D eigenvalue weighted by Crippen LogP contribution is 2.09. The van der Waals surface area contributed by atoms with E-state index >= 15 is 0 Å². The third-order valence-electron chi connectivity index (χ3n) is 2.05. The highest BCUT2D eigenvalue weighted by atomic mass is 16.1. The molecule has 0 aromatic heterocycles. The number of carbonyl (C=O) groups excluding carboxylic acids is 2. The molecule has 0 saturated carbocycles. The molecule has 0 N–H and O–H groups in total. The lowest BCUT2D eigenvalue weighted by molar-refractivity contribution is -0.113. The molecular weight excluding hydrogens is 202 g/mol. The zero-order chi connectivity index (χ0) is 12.1. The smallest absolute Gasteiger partial charge is 0.198 e. The van der Waals surface area contributed by atoms with Crippen LogP contribution in [0.15, 0.2) is 42.1 Å². The Labute approximate surface area is 95.4 Å². The molecule has 3 heteroatoms. The largest absolute Gasteiger partial charge is 0.383 e. The summed E-state index contributed by atoms with van der Waals surface area (Å²) in [6.45, 7) is 1.40. The second kappa shape index (κ2) is 5.26. The second-order valence-electron chi connectivity index (χ2n) is 3.76. The average Bonchev–Trinajstić information content (AvgIpc) is 2.25. The van der Waals surface area contributed by atoms with Crippen molar-refractivity contribution in [3.05, 3.63) is 47.7 Å². The molecule has 0 fully saturated rings. The maximum atomic E-state index is 12.0. The van der Waals surface area contributed by atoms with Crippen molar-refractivity contribution in [1.29, 1.82) is 0 Å². The van der Waals surface area contributed by atoms with Gasteiger partial charge in [-0.2, -0.15) is 0 Å². The molecule has 0 amide bonds. The Morgan fingerprint density at radius 2 is 1.69 bits per heavy atom. The summed E-state index contributed by atoms with van der Waals surface area (Å²) >= 11 is 0. The summed E-state index contributed by atoms with van der Waals surface area (Å²) in [4.78, 5) is 25.1. The molecule has 0 unspecified atom stereocenters. The summed E-state index contributed by atoms with van der Waals surface area (Å²) in [5, 5.41) is 0. The van der Waals surface area contributed by atoms with E-state index in [0.717, 1.165) is 0 Å². The number of nitrogens with zero attached hydrogens (tertiary/aromatic N) is 1. The quantitative estimate of drug-likeness (QED) is 0.334. The number of rotatable bonds is 4. The molecule has 1 aromatic carbocycles. The first-order valence-corrected chi connectivity index (χ1v) is 5.01. The van der Waals surface area contributed by atoms with Crippen molar-refractivity contribution in [2.45, 2.75) is 6.92 Å². The molecule has 3 nitrogen and oxygen atoms in total. The summed E-state index contributed by atoms with van der Waals surface area (Å²) in [5.41, 5.74) is 0.738. The number of benzene rings is 1. The van der Waals surface area contributed by atoms with Gasteiger partial charge in [0.05, 0.1) is 5.57 Å². The Bertz CT molecular complexity index is 419. The third kappa shape index (κ3) is 3.05. The van der Waals surface area contributed by atoms with Crippen LogP contribution in [-0.4, -0.2) is 30.6 Å². The molecule has 0 atom stereocenters. The SMILES string of the molecule is CC(=O)/C(=C\N(C)C)C(=O)c1ccccc1. The standard InChI is InChI=1S/C13H15NO2/c1-10(15)12(9-14(2)3)13(16)11-7-5-4-6-8-11/h4-9H,1-3H3/b12-9+. The first-order chi connectivity index (χ1) is 7.52. The first-order valence-electron chi connectivity index (χ1n) is 5.01. The van der Waals surface area contributed by atoms with Gasteiger partial charge in [0.1, 0.15) is 0 Å². The van der Waals surface area contributed by atoms with Gasteiger partial charge in [-0.3, -0.25) is 9.59 Å². The minimum atomic E-state index is -0.234. The Morgan fingerprint density at radius 1 is 1.12 bits per heavy atom. The number of allylic oxidation sites excluding steroid dienone is 1. The number of hydrogen-bond donors (Lipinski definition) is 0. The monoisotopic (exact) mass is 217 g/mol. The summed E-state index contributed by atoms with van der Waals surface area (Å²) in [6.07, 6.45) is 1.55. The van der Waals surface area contributed by atoms with Gasteiger partial charge in [-0.1, -0.05) is 30.3 Å². The van der Waals surface area contributed by atoms with Gasteiger partial charge in [-0.05, 0) is 6.92 Å². The molecule has 0 spiro atoms.